The minimum Gasteiger partial charge on any atom is -0.301 e. The molecule has 3 nitrogen and oxygen atoms in total. The summed E-state index contributed by atoms with van der Waals surface area (Å²) < 4.78 is 0. The first-order chi connectivity index (χ1) is 12.5. The molecule has 1 aliphatic heterocycles. The van der Waals surface area contributed by atoms with Gasteiger partial charge in [-0.05, 0) is 42.9 Å². The van der Waals surface area contributed by atoms with Crippen molar-refractivity contribution in [2.24, 2.45) is 5.92 Å². The number of carbonyl (C=O) groups is 1. The van der Waals surface area contributed by atoms with Crippen LogP contribution in [0.4, 0.5) is 0 Å². The van der Waals surface area contributed by atoms with Crippen molar-refractivity contribution in [3.8, 4) is 0 Å². The lowest BCUT2D eigenvalue weighted by molar-refractivity contribution is -0.122. The first-order valence-corrected chi connectivity index (χ1v) is 10.6. The summed E-state index contributed by atoms with van der Waals surface area (Å²) in [6.45, 7) is 15.4. The van der Waals surface area contributed by atoms with Crippen LogP contribution >= 0.6 is 0 Å². The Morgan fingerprint density at radius 2 is 1.58 bits per heavy atom. The molecule has 0 amide bonds. The highest BCUT2D eigenvalue weighted by Crippen LogP contribution is 2.19. The largest absolute Gasteiger partial charge is 0.301 e. The van der Waals surface area contributed by atoms with Gasteiger partial charge in [-0.1, -0.05) is 52.0 Å². The van der Waals surface area contributed by atoms with E-state index in [0.717, 1.165) is 58.5 Å². The highest BCUT2D eigenvalue weighted by atomic mass is 16.1. The second kappa shape index (κ2) is 10.8. The first-order valence-electron chi connectivity index (χ1n) is 10.6. The topological polar surface area (TPSA) is 23.6 Å². The summed E-state index contributed by atoms with van der Waals surface area (Å²) in [6, 6.07) is 9.22. The first kappa shape index (κ1) is 21.1. The molecule has 1 atom stereocenters. The van der Waals surface area contributed by atoms with E-state index in [9.17, 15) is 4.79 Å². The molecule has 0 spiro atoms. The fourth-order valence-electron chi connectivity index (χ4n) is 3.54. The third kappa shape index (κ3) is 6.85. The van der Waals surface area contributed by atoms with Crippen molar-refractivity contribution in [3.05, 3.63) is 35.4 Å². The van der Waals surface area contributed by atoms with Gasteiger partial charge in [-0.25, -0.2) is 0 Å². The number of unbranched alkanes of at least 4 members (excludes halogenated alkanes) is 1. The maximum atomic E-state index is 11.7. The fraction of sp³-hybridized carbons (Fsp3) is 0.696. The van der Waals surface area contributed by atoms with E-state index in [1.807, 2.05) is 13.8 Å². The lowest BCUT2D eigenvalue weighted by Gasteiger charge is -2.34. The van der Waals surface area contributed by atoms with Crippen LogP contribution in [0.15, 0.2) is 24.3 Å². The third-order valence-electron chi connectivity index (χ3n) is 5.82. The Hall–Kier alpha value is -1.19. The zero-order chi connectivity index (χ0) is 18.9. The van der Waals surface area contributed by atoms with Crippen LogP contribution in [0.1, 0.15) is 70.4 Å². The highest BCUT2D eigenvalue weighted by Gasteiger charge is 2.17. The average Bonchev–Trinajstić information content (AvgIpc) is 2.66. The summed E-state index contributed by atoms with van der Waals surface area (Å²) >= 11 is 0. The van der Waals surface area contributed by atoms with Gasteiger partial charge in [0.25, 0.3) is 0 Å². The molecule has 1 aromatic carbocycles. The summed E-state index contributed by atoms with van der Waals surface area (Å²) in [5, 5.41) is 0. The number of ketones is 1. The predicted molar refractivity (Wildman–Crippen MR) is 111 cm³/mol. The number of piperazine rings is 1. The standard InChI is InChI=1S/C23H38N2O/c1-5-20(4)22-11-9-21(10-12-22)18-25-16-14-24(15-17-25)13-7-6-8-23(26)19(2)3/h9-12,19-20H,5-8,13-18H2,1-4H3. The van der Waals surface area contributed by atoms with Gasteiger partial charge >= 0.3 is 0 Å². The van der Waals surface area contributed by atoms with Crippen molar-refractivity contribution in [2.45, 2.75) is 65.8 Å². The Labute approximate surface area is 160 Å². The molecule has 0 radical (unpaired) electrons. The zero-order valence-corrected chi connectivity index (χ0v) is 17.3. The molecule has 0 aliphatic carbocycles. The van der Waals surface area contributed by atoms with Crippen molar-refractivity contribution >= 4 is 5.78 Å². The van der Waals surface area contributed by atoms with Gasteiger partial charge < -0.3 is 4.90 Å². The van der Waals surface area contributed by atoms with E-state index in [1.54, 1.807) is 0 Å². The number of benzene rings is 1. The van der Waals surface area contributed by atoms with Gasteiger partial charge in [0.05, 0.1) is 0 Å². The molecular formula is C23H38N2O. The van der Waals surface area contributed by atoms with Gasteiger partial charge in [0.1, 0.15) is 5.78 Å². The van der Waals surface area contributed by atoms with E-state index >= 15 is 0 Å². The number of hydrogen-bond donors (Lipinski definition) is 0. The number of hydrogen-bond acceptors (Lipinski definition) is 3. The van der Waals surface area contributed by atoms with Crippen LogP contribution in [0.5, 0.6) is 0 Å². The Balaban J connectivity index is 1.64. The van der Waals surface area contributed by atoms with E-state index in [4.69, 9.17) is 0 Å². The van der Waals surface area contributed by atoms with E-state index in [-0.39, 0.29) is 5.92 Å². The molecule has 1 aliphatic rings. The molecule has 0 N–H and O–H groups in total. The zero-order valence-electron chi connectivity index (χ0n) is 17.3. The van der Waals surface area contributed by atoms with Crippen molar-refractivity contribution < 1.29 is 4.79 Å². The molecule has 0 bridgehead atoms. The quantitative estimate of drug-likeness (QED) is 0.566. The van der Waals surface area contributed by atoms with Crippen molar-refractivity contribution in [2.75, 3.05) is 32.7 Å². The monoisotopic (exact) mass is 358 g/mol. The van der Waals surface area contributed by atoms with E-state index < -0.39 is 0 Å². The lowest BCUT2D eigenvalue weighted by Crippen LogP contribution is -2.46. The van der Waals surface area contributed by atoms with Crippen molar-refractivity contribution in [3.63, 3.8) is 0 Å². The predicted octanol–water partition coefficient (Wildman–Crippen LogP) is 4.71. The smallest absolute Gasteiger partial charge is 0.135 e. The molecule has 1 saturated heterocycles. The Morgan fingerprint density at radius 3 is 2.15 bits per heavy atom. The molecule has 1 heterocycles. The Bertz CT molecular complexity index is 530. The summed E-state index contributed by atoms with van der Waals surface area (Å²) in [4.78, 5) is 16.8. The van der Waals surface area contributed by atoms with Crippen LogP contribution in [0.25, 0.3) is 0 Å². The SMILES string of the molecule is CCC(C)c1ccc(CN2CCN(CCCCC(=O)C(C)C)CC2)cc1. The van der Waals surface area contributed by atoms with Gasteiger partial charge in [0.2, 0.25) is 0 Å². The van der Waals surface area contributed by atoms with E-state index in [1.165, 1.54) is 17.5 Å². The molecule has 146 valence electrons. The molecule has 0 saturated carbocycles. The second-order valence-corrected chi connectivity index (χ2v) is 8.25. The van der Waals surface area contributed by atoms with Crippen LogP contribution in [0.3, 0.4) is 0 Å². The van der Waals surface area contributed by atoms with Crippen LogP contribution < -0.4 is 0 Å². The number of carbonyl (C=O) groups excluding carboxylic acids is 1. The number of Topliss-reactive ketones (excluding diaryl/α,β-unsaturated/α-hetero) is 1. The molecule has 1 unspecified atom stereocenters. The summed E-state index contributed by atoms with van der Waals surface area (Å²) in [7, 11) is 0. The van der Waals surface area contributed by atoms with Crippen LogP contribution in [0, 0.1) is 5.92 Å². The number of rotatable bonds is 10. The number of nitrogens with zero attached hydrogens (tertiary/aromatic N) is 2. The van der Waals surface area contributed by atoms with Crippen molar-refractivity contribution in [1.82, 2.24) is 9.80 Å². The van der Waals surface area contributed by atoms with E-state index in [2.05, 4.69) is 47.9 Å². The van der Waals surface area contributed by atoms with Gasteiger partial charge in [-0.2, -0.15) is 0 Å². The molecular weight excluding hydrogens is 320 g/mol. The lowest BCUT2D eigenvalue weighted by atomic mass is 9.97. The maximum absolute atomic E-state index is 11.7. The summed E-state index contributed by atoms with van der Waals surface area (Å²) in [5.41, 5.74) is 2.88. The highest BCUT2D eigenvalue weighted by molar-refractivity contribution is 5.80. The van der Waals surface area contributed by atoms with Crippen molar-refractivity contribution in [1.29, 1.82) is 0 Å². The fourth-order valence-corrected chi connectivity index (χ4v) is 3.54. The van der Waals surface area contributed by atoms with Gasteiger partial charge in [-0.3, -0.25) is 9.69 Å². The molecule has 3 heteroatoms. The van der Waals surface area contributed by atoms with Gasteiger partial charge in [0.15, 0.2) is 0 Å². The maximum Gasteiger partial charge on any atom is 0.135 e. The van der Waals surface area contributed by atoms with E-state index in [0.29, 0.717) is 11.7 Å². The molecule has 1 aromatic rings. The molecule has 26 heavy (non-hydrogen) atoms. The summed E-state index contributed by atoms with van der Waals surface area (Å²) in [6.07, 6.45) is 4.15. The van der Waals surface area contributed by atoms with Gasteiger partial charge in [0, 0.05) is 45.1 Å². The van der Waals surface area contributed by atoms with Crippen LogP contribution in [-0.4, -0.2) is 48.3 Å². The normalized spacial score (nSPS) is 17.6. The minimum atomic E-state index is 0.192. The molecule has 1 fully saturated rings. The van der Waals surface area contributed by atoms with Crippen LogP contribution in [-0.2, 0) is 11.3 Å². The average molecular weight is 359 g/mol. The molecule has 0 aromatic heterocycles. The van der Waals surface area contributed by atoms with Gasteiger partial charge in [-0.15, -0.1) is 0 Å². The Kier molecular flexibility index (Phi) is 8.80. The molecule has 2 rings (SSSR count). The Morgan fingerprint density at radius 1 is 0.962 bits per heavy atom. The summed E-state index contributed by atoms with van der Waals surface area (Å²) in [5.74, 6) is 1.26. The van der Waals surface area contributed by atoms with Crippen LogP contribution in [0.2, 0.25) is 0 Å². The third-order valence-corrected chi connectivity index (χ3v) is 5.82. The second-order valence-electron chi connectivity index (χ2n) is 8.25. The minimum absolute atomic E-state index is 0.192.